The number of hydrogen-bond acceptors (Lipinski definition) is 11. The number of benzene rings is 1. The molecule has 13 heteroatoms. The molecule has 12 nitrogen and oxygen atoms in total. The maximum Gasteiger partial charge on any atom is 0.338 e. The second-order valence-electron chi connectivity index (χ2n) is 8.23. The van der Waals surface area contributed by atoms with Crippen LogP contribution in [0.5, 0.6) is 0 Å². The number of rotatable bonds is 6. The molecule has 2 aromatic heterocycles. The molecule has 1 unspecified atom stereocenters. The number of aromatic nitrogens is 4. The SMILES string of the molecule is CC(=O)O[C@@H]1[C@H](n2cnc3c(Cl)nc(N)nc32)O[C@H](COC(=O)c2ccccc2)C(C)[C@@H]1OC(C)=O. The summed E-state index contributed by atoms with van der Waals surface area (Å²) < 4.78 is 24.4. The van der Waals surface area contributed by atoms with E-state index in [-0.39, 0.29) is 28.9 Å². The van der Waals surface area contributed by atoms with Crippen LogP contribution in [-0.2, 0) is 28.5 Å². The molecule has 1 aliphatic rings. The zero-order chi connectivity index (χ0) is 26.0. The molecular formula is C23H24ClN5O7. The van der Waals surface area contributed by atoms with E-state index in [4.69, 9.17) is 36.3 Å². The number of nitrogens with zero attached hydrogens (tertiary/aromatic N) is 4. The van der Waals surface area contributed by atoms with Gasteiger partial charge in [-0.3, -0.25) is 14.2 Å². The van der Waals surface area contributed by atoms with E-state index < -0.39 is 48.4 Å². The van der Waals surface area contributed by atoms with Crippen LogP contribution in [0.1, 0.15) is 37.4 Å². The van der Waals surface area contributed by atoms with E-state index in [0.717, 1.165) is 0 Å². The number of esters is 3. The first-order chi connectivity index (χ1) is 17.2. The zero-order valence-electron chi connectivity index (χ0n) is 19.7. The van der Waals surface area contributed by atoms with Gasteiger partial charge in [-0.25, -0.2) is 9.78 Å². The maximum atomic E-state index is 12.5. The van der Waals surface area contributed by atoms with Crippen LogP contribution in [0.2, 0.25) is 5.15 Å². The van der Waals surface area contributed by atoms with Gasteiger partial charge in [0.05, 0.1) is 11.9 Å². The Morgan fingerprint density at radius 2 is 1.75 bits per heavy atom. The number of hydrogen-bond donors (Lipinski definition) is 1. The van der Waals surface area contributed by atoms with Crippen molar-refractivity contribution in [1.82, 2.24) is 19.5 Å². The first-order valence-electron chi connectivity index (χ1n) is 11.0. The molecule has 1 fully saturated rings. The molecule has 3 aromatic rings. The van der Waals surface area contributed by atoms with Crippen LogP contribution in [0.4, 0.5) is 5.95 Å². The predicted octanol–water partition coefficient (Wildman–Crippen LogP) is 2.32. The number of imidazole rings is 1. The molecule has 0 radical (unpaired) electrons. The molecule has 36 heavy (non-hydrogen) atoms. The van der Waals surface area contributed by atoms with Crippen LogP contribution in [0.3, 0.4) is 0 Å². The summed E-state index contributed by atoms with van der Waals surface area (Å²) in [6.45, 7) is 4.04. The molecule has 0 aliphatic carbocycles. The van der Waals surface area contributed by atoms with E-state index in [1.165, 1.54) is 24.7 Å². The number of carbonyl (C=O) groups excluding carboxylic acids is 3. The lowest BCUT2D eigenvalue weighted by Gasteiger charge is -2.44. The summed E-state index contributed by atoms with van der Waals surface area (Å²) in [5, 5.41) is 0.0225. The molecule has 0 amide bonds. The van der Waals surface area contributed by atoms with Gasteiger partial charge in [0.1, 0.15) is 24.3 Å². The lowest BCUT2D eigenvalue weighted by molar-refractivity contribution is -0.245. The summed E-state index contributed by atoms with van der Waals surface area (Å²) in [7, 11) is 0. The van der Waals surface area contributed by atoms with Crippen LogP contribution in [-0.4, -0.2) is 62.3 Å². The molecule has 0 saturated carbocycles. The molecular weight excluding hydrogens is 494 g/mol. The summed E-state index contributed by atoms with van der Waals surface area (Å²) in [6.07, 6.45) is -2.50. The molecule has 1 saturated heterocycles. The molecule has 190 valence electrons. The third-order valence-corrected chi connectivity index (χ3v) is 5.95. The fraction of sp³-hybridized carbons (Fsp3) is 0.391. The van der Waals surface area contributed by atoms with Gasteiger partial charge in [-0.2, -0.15) is 9.97 Å². The lowest BCUT2D eigenvalue weighted by atomic mass is 9.89. The molecule has 0 bridgehead atoms. The van der Waals surface area contributed by atoms with Gasteiger partial charge in [0.2, 0.25) is 5.95 Å². The molecule has 1 aliphatic heterocycles. The van der Waals surface area contributed by atoms with E-state index in [9.17, 15) is 14.4 Å². The Morgan fingerprint density at radius 3 is 2.42 bits per heavy atom. The standard InChI is InChI=1S/C23H24ClN5O7/c1-11-15(9-33-22(32)14-7-5-4-6-8-14)36-21(18(35-13(3)31)17(11)34-12(2)30)29-10-26-16-19(24)27-23(25)28-20(16)29/h4-8,10-11,15,17-18,21H,9H2,1-3H3,(H2,25,27,28)/t11?,15-,17+,18+,21-/m1/s1. The minimum atomic E-state index is -1.09. The van der Waals surface area contributed by atoms with Gasteiger partial charge in [0.25, 0.3) is 0 Å². The third kappa shape index (κ3) is 5.24. The summed E-state index contributed by atoms with van der Waals surface area (Å²) in [4.78, 5) is 48.8. The molecule has 4 rings (SSSR count). The van der Waals surface area contributed by atoms with Crippen LogP contribution >= 0.6 is 11.6 Å². The van der Waals surface area contributed by atoms with Crippen molar-refractivity contribution in [2.45, 2.75) is 45.3 Å². The minimum Gasteiger partial charge on any atom is -0.459 e. The number of carbonyl (C=O) groups is 3. The first kappa shape index (κ1) is 25.3. The number of ether oxygens (including phenoxy) is 4. The van der Waals surface area contributed by atoms with E-state index in [2.05, 4.69) is 15.0 Å². The Morgan fingerprint density at radius 1 is 1.08 bits per heavy atom. The van der Waals surface area contributed by atoms with E-state index >= 15 is 0 Å². The molecule has 5 atom stereocenters. The largest absolute Gasteiger partial charge is 0.459 e. The number of nitrogen functional groups attached to an aromatic ring is 1. The van der Waals surface area contributed by atoms with Gasteiger partial charge in [-0.15, -0.1) is 0 Å². The van der Waals surface area contributed by atoms with E-state index in [0.29, 0.717) is 5.56 Å². The average Bonchev–Trinajstić information content (AvgIpc) is 3.24. The van der Waals surface area contributed by atoms with Gasteiger partial charge in [-0.05, 0) is 12.1 Å². The van der Waals surface area contributed by atoms with E-state index in [1.807, 2.05) is 0 Å². The van der Waals surface area contributed by atoms with Gasteiger partial charge < -0.3 is 24.7 Å². The fourth-order valence-electron chi connectivity index (χ4n) is 4.05. The van der Waals surface area contributed by atoms with Gasteiger partial charge in [0, 0.05) is 19.8 Å². The Balaban J connectivity index is 1.70. The summed E-state index contributed by atoms with van der Waals surface area (Å²) >= 11 is 6.17. The van der Waals surface area contributed by atoms with Gasteiger partial charge in [0.15, 0.2) is 23.1 Å². The second-order valence-corrected chi connectivity index (χ2v) is 8.59. The maximum absolute atomic E-state index is 12.5. The topological polar surface area (TPSA) is 158 Å². The highest BCUT2D eigenvalue weighted by Gasteiger charge is 2.49. The quantitative estimate of drug-likeness (QED) is 0.290. The van der Waals surface area contributed by atoms with Crippen molar-refractivity contribution in [2.75, 3.05) is 12.3 Å². The van der Waals surface area contributed by atoms with Crippen molar-refractivity contribution in [3.8, 4) is 0 Å². The summed E-state index contributed by atoms with van der Waals surface area (Å²) in [5.41, 5.74) is 6.60. The Labute approximate surface area is 210 Å². The van der Waals surface area contributed by atoms with Crippen molar-refractivity contribution in [3.05, 3.63) is 47.4 Å². The Bertz CT molecular complexity index is 1280. The number of halogens is 1. The molecule has 2 N–H and O–H groups in total. The van der Waals surface area contributed by atoms with E-state index in [1.54, 1.807) is 37.3 Å². The van der Waals surface area contributed by atoms with Crippen molar-refractivity contribution in [1.29, 1.82) is 0 Å². The third-order valence-electron chi connectivity index (χ3n) is 5.69. The van der Waals surface area contributed by atoms with Gasteiger partial charge >= 0.3 is 17.9 Å². The average molecular weight is 518 g/mol. The van der Waals surface area contributed by atoms with Crippen molar-refractivity contribution < 1.29 is 33.3 Å². The van der Waals surface area contributed by atoms with Crippen LogP contribution in [0.15, 0.2) is 36.7 Å². The predicted molar refractivity (Wildman–Crippen MR) is 126 cm³/mol. The molecule has 0 spiro atoms. The first-order valence-corrected chi connectivity index (χ1v) is 11.4. The minimum absolute atomic E-state index is 0.0225. The Hall–Kier alpha value is -3.77. The number of nitrogens with two attached hydrogens (primary N) is 1. The van der Waals surface area contributed by atoms with Crippen LogP contribution in [0, 0.1) is 5.92 Å². The lowest BCUT2D eigenvalue weighted by Crippen LogP contribution is -2.55. The zero-order valence-corrected chi connectivity index (χ0v) is 20.4. The second kappa shape index (κ2) is 10.5. The smallest absolute Gasteiger partial charge is 0.338 e. The van der Waals surface area contributed by atoms with Crippen LogP contribution in [0.25, 0.3) is 11.2 Å². The highest BCUT2D eigenvalue weighted by molar-refractivity contribution is 6.33. The van der Waals surface area contributed by atoms with Crippen molar-refractivity contribution in [3.63, 3.8) is 0 Å². The molecule has 3 heterocycles. The monoisotopic (exact) mass is 517 g/mol. The molecule has 1 aromatic carbocycles. The number of fused-ring (bicyclic) bond motifs is 1. The van der Waals surface area contributed by atoms with Gasteiger partial charge in [-0.1, -0.05) is 36.7 Å². The van der Waals surface area contributed by atoms with Crippen molar-refractivity contribution >= 4 is 46.6 Å². The van der Waals surface area contributed by atoms with Crippen LogP contribution < -0.4 is 5.73 Å². The highest BCUT2D eigenvalue weighted by Crippen LogP contribution is 2.38. The highest BCUT2D eigenvalue weighted by atomic mass is 35.5. The fourth-order valence-corrected chi connectivity index (χ4v) is 4.27. The summed E-state index contributed by atoms with van der Waals surface area (Å²) in [6, 6.07) is 8.47. The normalized spacial score (nSPS) is 23.7. The number of anilines is 1. The van der Waals surface area contributed by atoms with Crippen molar-refractivity contribution in [2.24, 2.45) is 5.92 Å². The Kier molecular flexibility index (Phi) is 7.36. The summed E-state index contributed by atoms with van der Waals surface area (Å²) in [5.74, 6) is -2.39.